The van der Waals surface area contributed by atoms with Crippen LogP contribution in [0.4, 0.5) is 5.82 Å². The lowest BCUT2D eigenvalue weighted by Crippen LogP contribution is -2.14. The van der Waals surface area contributed by atoms with Crippen LogP contribution in [-0.4, -0.2) is 34.0 Å². The third kappa shape index (κ3) is 5.21. The largest absolute Gasteiger partial charge is 0.497 e. The molecule has 0 unspecified atom stereocenters. The lowest BCUT2D eigenvalue weighted by Gasteiger charge is -2.04. The molecule has 9 heteroatoms. The van der Waals surface area contributed by atoms with Crippen LogP contribution in [-0.2, 0) is 11.4 Å². The molecule has 0 bridgehead atoms. The molecule has 134 valence electrons. The first-order valence-electron chi connectivity index (χ1n) is 7.66. The summed E-state index contributed by atoms with van der Waals surface area (Å²) >= 11 is 1.14. The summed E-state index contributed by atoms with van der Waals surface area (Å²) in [6, 6.07) is 12.4. The van der Waals surface area contributed by atoms with E-state index in [9.17, 15) is 4.79 Å². The molecule has 1 amide bonds. The van der Waals surface area contributed by atoms with Crippen LogP contribution >= 0.6 is 11.8 Å². The number of methoxy groups -OCH3 is 1. The standard InChI is InChI=1S/C17H16N4O4S/c1-23-12-5-7-13(8-6-12)24-10-16-20-21-17(25-16)26-11-15(22)19-14-4-2-3-9-18-14/h2-9H,10-11H2,1H3,(H,18,19,22). The Bertz CT molecular complexity index is 839. The molecule has 0 spiro atoms. The van der Waals surface area contributed by atoms with Crippen LogP contribution < -0.4 is 14.8 Å². The van der Waals surface area contributed by atoms with Gasteiger partial charge in [0.05, 0.1) is 12.9 Å². The lowest BCUT2D eigenvalue weighted by molar-refractivity contribution is -0.113. The van der Waals surface area contributed by atoms with Crippen molar-refractivity contribution in [3.63, 3.8) is 0 Å². The van der Waals surface area contributed by atoms with Crippen molar-refractivity contribution < 1.29 is 18.7 Å². The highest BCUT2D eigenvalue weighted by Crippen LogP contribution is 2.20. The molecule has 0 aliphatic carbocycles. The molecule has 1 N–H and O–H groups in total. The molecule has 3 rings (SSSR count). The fourth-order valence-corrected chi connectivity index (χ4v) is 2.50. The van der Waals surface area contributed by atoms with E-state index in [-0.39, 0.29) is 18.3 Å². The van der Waals surface area contributed by atoms with Gasteiger partial charge in [-0.15, -0.1) is 10.2 Å². The predicted molar refractivity (Wildman–Crippen MR) is 95.2 cm³/mol. The van der Waals surface area contributed by atoms with Crippen molar-refractivity contribution in [1.29, 1.82) is 0 Å². The molecule has 2 aromatic heterocycles. The van der Waals surface area contributed by atoms with Gasteiger partial charge in [0.15, 0.2) is 6.61 Å². The van der Waals surface area contributed by atoms with Gasteiger partial charge in [-0.2, -0.15) is 0 Å². The number of thioether (sulfide) groups is 1. The minimum Gasteiger partial charge on any atom is -0.497 e. The third-order valence-corrected chi connectivity index (χ3v) is 3.95. The number of hydrogen-bond donors (Lipinski definition) is 1. The van der Waals surface area contributed by atoms with Crippen LogP contribution in [0.3, 0.4) is 0 Å². The van der Waals surface area contributed by atoms with Crippen LogP contribution in [0, 0.1) is 0 Å². The van der Waals surface area contributed by atoms with Crippen LogP contribution in [0.2, 0.25) is 0 Å². The Morgan fingerprint density at radius 2 is 1.96 bits per heavy atom. The van der Waals surface area contributed by atoms with E-state index >= 15 is 0 Å². The van der Waals surface area contributed by atoms with Gasteiger partial charge in [0.25, 0.3) is 11.1 Å². The number of ether oxygens (including phenoxy) is 2. The predicted octanol–water partition coefficient (Wildman–Crippen LogP) is 2.78. The van der Waals surface area contributed by atoms with Gasteiger partial charge in [0, 0.05) is 6.20 Å². The minimum atomic E-state index is -0.206. The number of nitrogens with one attached hydrogen (secondary N) is 1. The van der Waals surface area contributed by atoms with E-state index in [1.807, 2.05) is 0 Å². The maximum absolute atomic E-state index is 11.9. The molecular formula is C17H16N4O4S. The Balaban J connectivity index is 1.44. The number of hydrogen-bond acceptors (Lipinski definition) is 8. The molecule has 0 aliphatic rings. The molecule has 0 fully saturated rings. The van der Waals surface area contributed by atoms with E-state index < -0.39 is 0 Å². The topological polar surface area (TPSA) is 99.4 Å². The Kier molecular flexibility index (Phi) is 6.05. The Hall–Kier alpha value is -3.07. The average Bonchev–Trinajstić information content (AvgIpc) is 3.14. The molecule has 0 aliphatic heterocycles. The summed E-state index contributed by atoms with van der Waals surface area (Å²) in [6.07, 6.45) is 1.61. The van der Waals surface area contributed by atoms with Gasteiger partial charge in [0.2, 0.25) is 5.91 Å². The number of carbonyl (C=O) groups is 1. The van der Waals surface area contributed by atoms with Crippen LogP contribution in [0.25, 0.3) is 0 Å². The average molecular weight is 372 g/mol. The first-order chi connectivity index (χ1) is 12.7. The molecular weight excluding hydrogens is 356 g/mol. The van der Waals surface area contributed by atoms with E-state index in [1.165, 1.54) is 0 Å². The normalized spacial score (nSPS) is 10.3. The summed E-state index contributed by atoms with van der Waals surface area (Å²) in [4.78, 5) is 15.9. The Labute approximate surface area is 153 Å². The monoisotopic (exact) mass is 372 g/mol. The molecule has 8 nitrogen and oxygen atoms in total. The fraction of sp³-hybridized carbons (Fsp3) is 0.176. The van der Waals surface area contributed by atoms with Crippen molar-refractivity contribution in [2.45, 2.75) is 11.8 Å². The van der Waals surface area contributed by atoms with Crippen molar-refractivity contribution in [3.8, 4) is 11.5 Å². The number of rotatable bonds is 8. The molecule has 1 aromatic carbocycles. The number of aromatic nitrogens is 3. The first kappa shape index (κ1) is 17.7. The van der Waals surface area contributed by atoms with Gasteiger partial charge in [-0.25, -0.2) is 4.98 Å². The van der Waals surface area contributed by atoms with Crippen molar-refractivity contribution in [3.05, 3.63) is 54.6 Å². The molecule has 0 saturated carbocycles. The molecule has 2 heterocycles. The van der Waals surface area contributed by atoms with Crippen molar-refractivity contribution >= 4 is 23.5 Å². The van der Waals surface area contributed by atoms with Crippen LogP contribution in [0.15, 0.2) is 58.3 Å². The van der Waals surface area contributed by atoms with Crippen molar-refractivity contribution in [2.24, 2.45) is 0 Å². The zero-order chi connectivity index (χ0) is 18.2. The number of benzene rings is 1. The zero-order valence-electron chi connectivity index (χ0n) is 13.9. The summed E-state index contributed by atoms with van der Waals surface area (Å²) in [5.41, 5.74) is 0. The number of nitrogens with zero attached hydrogens (tertiary/aromatic N) is 3. The van der Waals surface area contributed by atoms with E-state index in [0.717, 1.165) is 17.5 Å². The summed E-state index contributed by atoms with van der Waals surface area (Å²) < 4.78 is 16.1. The second-order valence-electron chi connectivity index (χ2n) is 4.98. The van der Waals surface area contributed by atoms with Gasteiger partial charge < -0.3 is 19.2 Å². The summed E-state index contributed by atoms with van der Waals surface area (Å²) in [6.45, 7) is 0.139. The molecule has 3 aromatic rings. The second kappa shape index (κ2) is 8.86. The van der Waals surface area contributed by atoms with Crippen LogP contribution in [0.1, 0.15) is 5.89 Å². The molecule has 0 atom stereocenters. The summed E-state index contributed by atoms with van der Waals surface area (Å²) in [5.74, 6) is 2.16. The summed E-state index contributed by atoms with van der Waals surface area (Å²) in [7, 11) is 1.60. The third-order valence-electron chi connectivity index (χ3n) is 3.13. The van der Waals surface area contributed by atoms with Gasteiger partial charge in [-0.3, -0.25) is 4.79 Å². The van der Waals surface area contributed by atoms with E-state index in [1.54, 1.807) is 55.8 Å². The van der Waals surface area contributed by atoms with E-state index in [4.69, 9.17) is 13.9 Å². The number of anilines is 1. The second-order valence-corrected chi connectivity index (χ2v) is 5.90. The Morgan fingerprint density at radius 1 is 1.15 bits per heavy atom. The smallest absolute Gasteiger partial charge is 0.277 e. The quantitative estimate of drug-likeness (QED) is 0.603. The van der Waals surface area contributed by atoms with Gasteiger partial charge in [-0.1, -0.05) is 17.8 Å². The van der Waals surface area contributed by atoms with Crippen molar-refractivity contribution in [2.75, 3.05) is 18.2 Å². The van der Waals surface area contributed by atoms with E-state index in [2.05, 4.69) is 20.5 Å². The van der Waals surface area contributed by atoms with Crippen molar-refractivity contribution in [1.82, 2.24) is 15.2 Å². The highest BCUT2D eigenvalue weighted by molar-refractivity contribution is 7.99. The zero-order valence-corrected chi connectivity index (χ0v) is 14.7. The van der Waals surface area contributed by atoms with Gasteiger partial charge >= 0.3 is 0 Å². The first-order valence-corrected chi connectivity index (χ1v) is 8.64. The van der Waals surface area contributed by atoms with E-state index in [0.29, 0.717) is 22.7 Å². The maximum Gasteiger partial charge on any atom is 0.277 e. The highest BCUT2D eigenvalue weighted by Gasteiger charge is 2.11. The minimum absolute atomic E-state index is 0.136. The number of carbonyl (C=O) groups excluding carboxylic acids is 1. The fourth-order valence-electron chi connectivity index (χ4n) is 1.91. The number of pyridine rings is 1. The lowest BCUT2D eigenvalue weighted by atomic mass is 10.3. The van der Waals surface area contributed by atoms with Crippen LogP contribution in [0.5, 0.6) is 11.5 Å². The maximum atomic E-state index is 11.9. The van der Waals surface area contributed by atoms with Gasteiger partial charge in [-0.05, 0) is 36.4 Å². The number of amides is 1. The van der Waals surface area contributed by atoms with Gasteiger partial charge in [0.1, 0.15) is 17.3 Å². The molecule has 26 heavy (non-hydrogen) atoms. The highest BCUT2D eigenvalue weighted by atomic mass is 32.2. The molecule has 0 radical (unpaired) electrons. The Morgan fingerprint density at radius 3 is 2.69 bits per heavy atom. The SMILES string of the molecule is COc1ccc(OCc2nnc(SCC(=O)Nc3ccccn3)o2)cc1. The molecule has 0 saturated heterocycles. The summed E-state index contributed by atoms with van der Waals surface area (Å²) in [5, 5.41) is 10.8.